The number of thioether (sulfide) groups is 1. The van der Waals surface area contributed by atoms with Crippen LogP contribution in [-0.4, -0.2) is 33.2 Å². The van der Waals surface area contributed by atoms with Crippen LogP contribution in [0.3, 0.4) is 0 Å². The Kier molecular flexibility index (Phi) is 9.35. The van der Waals surface area contributed by atoms with Crippen molar-refractivity contribution >= 4 is 68.2 Å². The summed E-state index contributed by atoms with van der Waals surface area (Å²) in [6.07, 6.45) is 0. The molecule has 0 aliphatic carbocycles. The number of carbonyl (C=O) groups is 1. The zero-order valence-electron chi connectivity index (χ0n) is 17.4. The van der Waals surface area contributed by atoms with Gasteiger partial charge in [-0.25, -0.2) is 8.42 Å². The fourth-order valence-corrected chi connectivity index (χ4v) is 6.05. The van der Waals surface area contributed by atoms with E-state index in [4.69, 9.17) is 34.8 Å². The minimum Gasteiger partial charge on any atom is -0.354 e. The van der Waals surface area contributed by atoms with Gasteiger partial charge >= 0.3 is 0 Å². The highest BCUT2D eigenvalue weighted by Gasteiger charge is 2.27. The third-order valence-corrected chi connectivity index (χ3v) is 8.14. The van der Waals surface area contributed by atoms with Crippen LogP contribution < -0.4 is 9.62 Å². The number of amides is 1. The summed E-state index contributed by atoms with van der Waals surface area (Å²) >= 11 is 19.9. The van der Waals surface area contributed by atoms with Gasteiger partial charge in [-0.2, -0.15) is 11.8 Å². The Morgan fingerprint density at radius 1 is 0.909 bits per heavy atom. The quantitative estimate of drug-likeness (QED) is 0.324. The molecular formula is C23H21Cl3N2O3S2. The average Bonchev–Trinajstić information content (AvgIpc) is 2.78. The van der Waals surface area contributed by atoms with Crippen LogP contribution in [0.25, 0.3) is 0 Å². The predicted octanol–water partition coefficient (Wildman–Crippen LogP) is 5.89. The minimum absolute atomic E-state index is 0.0594. The second kappa shape index (κ2) is 12.0. The second-order valence-corrected chi connectivity index (χ2v) is 11.2. The molecule has 0 aliphatic rings. The summed E-state index contributed by atoms with van der Waals surface area (Å²) in [6.45, 7) is -0.0352. The highest BCUT2D eigenvalue weighted by Crippen LogP contribution is 2.29. The van der Waals surface area contributed by atoms with Crippen LogP contribution in [0.15, 0.2) is 77.7 Å². The van der Waals surface area contributed by atoms with Gasteiger partial charge in [-0.3, -0.25) is 9.10 Å². The normalized spacial score (nSPS) is 11.2. The molecule has 0 bridgehead atoms. The molecule has 3 rings (SSSR count). The summed E-state index contributed by atoms with van der Waals surface area (Å²) < 4.78 is 27.6. The average molecular weight is 544 g/mol. The van der Waals surface area contributed by atoms with Gasteiger partial charge in [0.25, 0.3) is 10.0 Å². The molecule has 0 heterocycles. The molecule has 0 atom stereocenters. The van der Waals surface area contributed by atoms with Crippen molar-refractivity contribution < 1.29 is 13.2 Å². The van der Waals surface area contributed by atoms with Gasteiger partial charge in [0, 0.05) is 33.1 Å². The molecule has 1 amide bonds. The smallest absolute Gasteiger partial charge is 0.264 e. The SMILES string of the molecule is O=C(CN(c1cc(Cl)cc(Cl)c1)S(=O)(=O)c1ccccc1)NCCSCc1ccccc1Cl. The third-order valence-electron chi connectivity index (χ3n) is 4.54. The molecular weight excluding hydrogens is 523 g/mol. The van der Waals surface area contributed by atoms with E-state index in [-0.39, 0.29) is 20.6 Å². The third kappa shape index (κ3) is 7.29. The van der Waals surface area contributed by atoms with Crippen LogP contribution in [0.1, 0.15) is 5.56 Å². The molecule has 33 heavy (non-hydrogen) atoms. The standard InChI is InChI=1S/C23H21Cl3N2O3S2/c24-18-12-19(25)14-20(13-18)28(33(30,31)21-7-2-1-3-8-21)15-23(29)27-10-11-32-16-17-6-4-5-9-22(17)26/h1-9,12-14H,10-11,15-16H2,(H,27,29). The lowest BCUT2D eigenvalue weighted by atomic mass is 10.2. The zero-order valence-corrected chi connectivity index (χ0v) is 21.3. The molecule has 0 unspecified atom stereocenters. The molecule has 0 aliphatic heterocycles. The molecule has 0 fully saturated rings. The lowest BCUT2D eigenvalue weighted by Gasteiger charge is -2.24. The van der Waals surface area contributed by atoms with Gasteiger partial charge in [0.2, 0.25) is 5.91 Å². The number of hydrogen-bond acceptors (Lipinski definition) is 4. The van der Waals surface area contributed by atoms with Gasteiger partial charge in [0.05, 0.1) is 10.6 Å². The van der Waals surface area contributed by atoms with Crippen LogP contribution >= 0.6 is 46.6 Å². The van der Waals surface area contributed by atoms with Crippen molar-refractivity contribution in [1.82, 2.24) is 5.32 Å². The summed E-state index contributed by atoms with van der Waals surface area (Å²) in [5.74, 6) is 0.917. The molecule has 0 aromatic heterocycles. The Bertz CT molecular complexity index is 1190. The van der Waals surface area contributed by atoms with Crippen molar-refractivity contribution in [2.24, 2.45) is 0 Å². The molecule has 0 spiro atoms. The Hall–Kier alpha value is -1.90. The van der Waals surface area contributed by atoms with Gasteiger partial charge < -0.3 is 5.32 Å². The first-order valence-corrected chi connectivity index (χ1v) is 13.6. The van der Waals surface area contributed by atoms with E-state index in [0.29, 0.717) is 23.1 Å². The number of sulfonamides is 1. The van der Waals surface area contributed by atoms with E-state index < -0.39 is 22.5 Å². The molecule has 3 aromatic carbocycles. The van der Waals surface area contributed by atoms with Crippen molar-refractivity contribution in [3.63, 3.8) is 0 Å². The Morgan fingerprint density at radius 3 is 2.21 bits per heavy atom. The Morgan fingerprint density at radius 2 is 1.55 bits per heavy atom. The fraction of sp³-hybridized carbons (Fsp3) is 0.174. The van der Waals surface area contributed by atoms with Crippen LogP contribution in [0.4, 0.5) is 5.69 Å². The van der Waals surface area contributed by atoms with E-state index in [2.05, 4.69) is 5.32 Å². The van der Waals surface area contributed by atoms with Crippen LogP contribution in [0.5, 0.6) is 0 Å². The Balaban J connectivity index is 1.67. The number of rotatable bonds is 10. The van der Waals surface area contributed by atoms with E-state index in [0.717, 1.165) is 9.87 Å². The Labute approximate surface area is 213 Å². The highest BCUT2D eigenvalue weighted by atomic mass is 35.5. The molecule has 0 saturated heterocycles. The van der Waals surface area contributed by atoms with Crippen LogP contribution in [0.2, 0.25) is 15.1 Å². The summed E-state index contributed by atoms with van der Waals surface area (Å²) in [5.41, 5.74) is 1.23. The van der Waals surface area contributed by atoms with Gasteiger partial charge in [0.1, 0.15) is 6.54 Å². The van der Waals surface area contributed by atoms with Crippen molar-refractivity contribution in [3.05, 3.63) is 93.4 Å². The van der Waals surface area contributed by atoms with E-state index in [1.807, 2.05) is 24.3 Å². The maximum Gasteiger partial charge on any atom is 0.264 e. The molecule has 0 saturated carbocycles. The highest BCUT2D eigenvalue weighted by molar-refractivity contribution is 7.98. The molecule has 1 N–H and O–H groups in total. The number of anilines is 1. The summed E-state index contributed by atoms with van der Waals surface area (Å²) in [5, 5.41) is 4.01. The molecule has 174 valence electrons. The van der Waals surface area contributed by atoms with Crippen LogP contribution in [-0.2, 0) is 20.6 Å². The first-order valence-electron chi connectivity index (χ1n) is 9.89. The zero-order chi connectivity index (χ0) is 23.8. The maximum absolute atomic E-state index is 13.3. The minimum atomic E-state index is -4.02. The van der Waals surface area contributed by atoms with Crippen molar-refractivity contribution in [1.29, 1.82) is 0 Å². The van der Waals surface area contributed by atoms with E-state index in [1.54, 1.807) is 30.0 Å². The monoisotopic (exact) mass is 542 g/mol. The summed E-state index contributed by atoms with van der Waals surface area (Å²) in [6, 6.07) is 19.9. The number of halogens is 3. The number of hydrogen-bond donors (Lipinski definition) is 1. The number of nitrogens with zero attached hydrogens (tertiary/aromatic N) is 1. The van der Waals surface area contributed by atoms with E-state index in [1.165, 1.54) is 30.3 Å². The predicted molar refractivity (Wildman–Crippen MR) is 138 cm³/mol. The molecule has 3 aromatic rings. The summed E-state index contributed by atoms with van der Waals surface area (Å²) in [4.78, 5) is 12.7. The van der Waals surface area contributed by atoms with Gasteiger partial charge in [-0.15, -0.1) is 0 Å². The molecule has 10 heteroatoms. The van der Waals surface area contributed by atoms with E-state index >= 15 is 0 Å². The molecule has 0 radical (unpaired) electrons. The maximum atomic E-state index is 13.3. The lowest BCUT2D eigenvalue weighted by Crippen LogP contribution is -2.41. The largest absolute Gasteiger partial charge is 0.354 e. The fourth-order valence-electron chi connectivity index (χ4n) is 2.96. The molecule has 5 nitrogen and oxygen atoms in total. The topological polar surface area (TPSA) is 66.5 Å². The van der Waals surface area contributed by atoms with E-state index in [9.17, 15) is 13.2 Å². The van der Waals surface area contributed by atoms with Crippen molar-refractivity contribution in [2.45, 2.75) is 10.6 Å². The number of carbonyl (C=O) groups excluding carboxylic acids is 1. The van der Waals surface area contributed by atoms with Crippen LogP contribution in [0, 0.1) is 0 Å². The number of benzene rings is 3. The first-order chi connectivity index (χ1) is 15.8. The number of nitrogens with one attached hydrogen (secondary N) is 1. The van der Waals surface area contributed by atoms with Gasteiger partial charge in [-0.05, 0) is 42.0 Å². The summed E-state index contributed by atoms with van der Waals surface area (Å²) in [7, 11) is -4.02. The van der Waals surface area contributed by atoms with Gasteiger partial charge in [0.15, 0.2) is 0 Å². The van der Waals surface area contributed by atoms with Crippen molar-refractivity contribution in [3.8, 4) is 0 Å². The van der Waals surface area contributed by atoms with Crippen molar-refractivity contribution in [2.75, 3.05) is 23.1 Å². The second-order valence-electron chi connectivity index (χ2n) is 6.95. The van der Waals surface area contributed by atoms with Gasteiger partial charge in [-0.1, -0.05) is 71.2 Å². The first kappa shape index (κ1) is 25.7. The lowest BCUT2D eigenvalue weighted by molar-refractivity contribution is -0.119.